The maximum Gasteiger partial charge on any atom is 0.303 e. The van der Waals surface area contributed by atoms with Crippen molar-refractivity contribution in [3.63, 3.8) is 0 Å². The number of carboxylic acids is 1. The highest BCUT2D eigenvalue weighted by atomic mass is 16.5. The Morgan fingerprint density at radius 1 is 1.06 bits per heavy atom. The van der Waals surface area contributed by atoms with Gasteiger partial charge in [0.15, 0.2) is 5.78 Å². The average Bonchev–Trinajstić information content (AvgIpc) is 2.83. The van der Waals surface area contributed by atoms with E-state index in [1.165, 1.54) is 6.07 Å². The Kier molecular flexibility index (Phi) is 6.97. The number of carbonyl (C=O) groups is 2. The minimum Gasteiger partial charge on any atom is -0.507 e. The molecule has 0 amide bonds. The Morgan fingerprint density at radius 2 is 1.74 bits per heavy atom. The molecule has 3 aromatic rings. The first kappa shape index (κ1) is 23.1. The van der Waals surface area contributed by atoms with E-state index in [1.807, 2.05) is 72.8 Å². The summed E-state index contributed by atoms with van der Waals surface area (Å²) in [5, 5.41) is 31.0. The van der Waals surface area contributed by atoms with Gasteiger partial charge in [0.2, 0.25) is 0 Å². The average molecular weight is 459 g/mol. The first-order valence-corrected chi connectivity index (χ1v) is 11.2. The van der Waals surface area contributed by atoms with Crippen LogP contribution in [0.25, 0.3) is 0 Å². The molecule has 3 N–H and O–H groups in total. The van der Waals surface area contributed by atoms with E-state index >= 15 is 0 Å². The highest BCUT2D eigenvalue weighted by Crippen LogP contribution is 2.48. The number of phenols is 2. The zero-order valence-electron chi connectivity index (χ0n) is 18.6. The summed E-state index contributed by atoms with van der Waals surface area (Å²) in [4.78, 5) is 23.9. The number of unbranched alkanes of at least 4 members (excludes halogenated alkanes) is 1. The topological polar surface area (TPSA) is 104 Å². The molecule has 0 saturated carbocycles. The van der Waals surface area contributed by atoms with Crippen LogP contribution in [0.15, 0.2) is 78.9 Å². The second kappa shape index (κ2) is 10.3. The number of rotatable bonds is 8. The lowest BCUT2D eigenvalue weighted by atomic mass is 9.85. The highest BCUT2D eigenvalue weighted by molar-refractivity contribution is 6.03. The molecule has 34 heavy (non-hydrogen) atoms. The Morgan fingerprint density at radius 3 is 2.41 bits per heavy atom. The van der Waals surface area contributed by atoms with Crippen molar-refractivity contribution in [3.05, 3.63) is 101 Å². The number of carbonyl (C=O) groups excluding carboxylic acids is 1. The zero-order chi connectivity index (χ0) is 24.1. The van der Waals surface area contributed by atoms with E-state index in [2.05, 4.69) is 0 Å². The van der Waals surface area contributed by atoms with Gasteiger partial charge >= 0.3 is 5.97 Å². The molecule has 0 fully saturated rings. The number of hydrogen-bond donors (Lipinski definition) is 3. The van der Waals surface area contributed by atoms with Crippen LogP contribution in [-0.2, 0) is 4.79 Å². The normalized spacial score (nSPS) is 16.1. The van der Waals surface area contributed by atoms with Gasteiger partial charge in [-0.15, -0.1) is 0 Å². The molecular weight excluding hydrogens is 432 g/mol. The molecule has 0 aromatic heterocycles. The van der Waals surface area contributed by atoms with Crippen molar-refractivity contribution in [2.45, 2.75) is 37.7 Å². The van der Waals surface area contributed by atoms with Crippen molar-refractivity contribution < 1.29 is 29.6 Å². The molecule has 0 spiro atoms. The molecule has 4 rings (SSSR count). The van der Waals surface area contributed by atoms with E-state index in [9.17, 15) is 19.8 Å². The van der Waals surface area contributed by atoms with E-state index in [-0.39, 0.29) is 47.0 Å². The predicted octanol–water partition coefficient (Wildman–Crippen LogP) is 5.75. The van der Waals surface area contributed by atoms with Gasteiger partial charge in [-0.05, 0) is 24.0 Å². The van der Waals surface area contributed by atoms with E-state index in [4.69, 9.17) is 9.84 Å². The highest BCUT2D eigenvalue weighted by Gasteiger charge is 2.34. The van der Waals surface area contributed by atoms with Crippen LogP contribution >= 0.6 is 0 Å². The van der Waals surface area contributed by atoms with Crippen molar-refractivity contribution in [2.75, 3.05) is 0 Å². The smallest absolute Gasteiger partial charge is 0.303 e. The fourth-order valence-corrected chi connectivity index (χ4v) is 4.27. The van der Waals surface area contributed by atoms with Crippen LogP contribution in [0.2, 0.25) is 0 Å². The number of benzene rings is 3. The van der Waals surface area contributed by atoms with Crippen LogP contribution in [0.4, 0.5) is 0 Å². The summed E-state index contributed by atoms with van der Waals surface area (Å²) in [6.45, 7) is 0. The molecule has 6 nitrogen and oxygen atoms in total. The lowest BCUT2D eigenvalue weighted by Crippen LogP contribution is -2.21. The first-order valence-electron chi connectivity index (χ1n) is 11.2. The van der Waals surface area contributed by atoms with Crippen LogP contribution in [0, 0.1) is 0 Å². The Balaban J connectivity index is 1.71. The molecule has 0 aliphatic carbocycles. The summed E-state index contributed by atoms with van der Waals surface area (Å²) in [5.74, 6) is -1.97. The molecule has 1 aliphatic heterocycles. The van der Waals surface area contributed by atoms with Crippen molar-refractivity contribution >= 4 is 11.8 Å². The number of phenolic OH excluding ortho intramolecular Hbond substituents is 2. The largest absolute Gasteiger partial charge is 0.507 e. The Labute approximate surface area is 197 Å². The summed E-state index contributed by atoms with van der Waals surface area (Å²) in [6.07, 6.45) is 4.30. The zero-order valence-corrected chi connectivity index (χ0v) is 18.6. The number of ether oxygens (including phenoxy) is 1. The van der Waals surface area contributed by atoms with Gasteiger partial charge in [-0.25, -0.2) is 0 Å². The van der Waals surface area contributed by atoms with Gasteiger partial charge in [-0.1, -0.05) is 72.8 Å². The van der Waals surface area contributed by atoms with Crippen LogP contribution in [0.1, 0.15) is 64.8 Å². The van der Waals surface area contributed by atoms with Gasteiger partial charge in [-0.3, -0.25) is 9.59 Å². The molecule has 0 radical (unpaired) electrons. The third kappa shape index (κ3) is 4.96. The molecule has 0 bridgehead atoms. The number of hydrogen-bond acceptors (Lipinski definition) is 5. The quantitative estimate of drug-likeness (QED) is 0.293. The molecule has 0 saturated heterocycles. The molecule has 174 valence electrons. The van der Waals surface area contributed by atoms with Gasteiger partial charge in [-0.2, -0.15) is 0 Å². The van der Waals surface area contributed by atoms with Crippen LogP contribution in [-0.4, -0.2) is 27.1 Å². The molecule has 0 unspecified atom stereocenters. The van der Waals surface area contributed by atoms with Crippen LogP contribution in [0.3, 0.4) is 0 Å². The lowest BCUT2D eigenvalue weighted by molar-refractivity contribution is -0.137. The fourth-order valence-electron chi connectivity index (χ4n) is 4.27. The van der Waals surface area contributed by atoms with Crippen LogP contribution < -0.4 is 4.74 Å². The third-order valence-corrected chi connectivity index (χ3v) is 5.93. The number of aliphatic carboxylic acids is 1. The number of Topliss-reactive ketones (excluding diaryl/α,β-unsaturated/α-hetero) is 1. The Bertz CT molecular complexity index is 1200. The number of fused-ring (bicyclic) bond motifs is 1. The van der Waals surface area contributed by atoms with Gasteiger partial charge < -0.3 is 20.1 Å². The maximum absolute atomic E-state index is 13.1. The summed E-state index contributed by atoms with van der Waals surface area (Å²) in [5.41, 5.74) is 1.94. The molecule has 2 atom stereocenters. The van der Waals surface area contributed by atoms with E-state index in [0.717, 1.165) is 11.1 Å². The van der Waals surface area contributed by atoms with E-state index in [0.29, 0.717) is 12.8 Å². The van der Waals surface area contributed by atoms with Gasteiger partial charge in [0.1, 0.15) is 28.9 Å². The molecular formula is C28H26O6. The molecule has 3 aromatic carbocycles. The number of carboxylic acid groups (broad SMARTS) is 1. The standard InChI is InChI=1S/C28H26O6/c29-21-17-24-27(22(30)16-23(34-24)19-12-6-2-7-13-19)28(33)26(21)20(18-10-4-1-5-11-18)14-8-3-9-15-25(31)32/h1-2,4-8,10-14,17,20,23,29,33H,3,9,15-16H2,(H,31,32)/b14-8+/t20-,23-/m1/s1. The van der Waals surface area contributed by atoms with Crippen molar-refractivity contribution in [1.29, 1.82) is 0 Å². The summed E-state index contributed by atoms with van der Waals surface area (Å²) >= 11 is 0. The minimum absolute atomic E-state index is 0.0596. The van der Waals surface area contributed by atoms with Crippen molar-refractivity contribution in [3.8, 4) is 17.2 Å². The van der Waals surface area contributed by atoms with Crippen LogP contribution in [0.5, 0.6) is 17.2 Å². The van der Waals surface area contributed by atoms with Gasteiger partial charge in [0, 0.05) is 24.0 Å². The second-order valence-electron chi connectivity index (χ2n) is 8.28. The number of aromatic hydroxyl groups is 2. The van der Waals surface area contributed by atoms with Gasteiger partial charge in [0.05, 0.1) is 6.42 Å². The lowest BCUT2D eigenvalue weighted by Gasteiger charge is -2.28. The SMILES string of the molecule is O=C(O)CCC/C=C/[C@H](c1ccccc1)c1c(O)cc2c(c1O)C(=O)C[C@H](c1ccccc1)O2. The second-order valence-corrected chi connectivity index (χ2v) is 8.28. The third-order valence-electron chi connectivity index (χ3n) is 5.93. The Hall–Kier alpha value is -4.06. The van der Waals surface area contributed by atoms with Gasteiger partial charge in [0.25, 0.3) is 0 Å². The summed E-state index contributed by atoms with van der Waals surface area (Å²) in [7, 11) is 0. The fraction of sp³-hybridized carbons (Fsp3) is 0.214. The minimum atomic E-state index is -0.856. The van der Waals surface area contributed by atoms with Crippen molar-refractivity contribution in [1.82, 2.24) is 0 Å². The predicted molar refractivity (Wildman–Crippen MR) is 127 cm³/mol. The monoisotopic (exact) mass is 458 g/mol. The maximum atomic E-state index is 13.1. The summed E-state index contributed by atoms with van der Waals surface area (Å²) in [6, 6.07) is 20.1. The first-order chi connectivity index (χ1) is 16.5. The van der Waals surface area contributed by atoms with E-state index < -0.39 is 18.0 Å². The number of allylic oxidation sites excluding steroid dienone is 2. The molecule has 1 aliphatic rings. The molecule has 1 heterocycles. The number of ketones is 1. The summed E-state index contributed by atoms with van der Waals surface area (Å²) < 4.78 is 6.01. The van der Waals surface area contributed by atoms with E-state index in [1.54, 1.807) is 0 Å². The molecule has 6 heteroatoms. The van der Waals surface area contributed by atoms with Crippen molar-refractivity contribution in [2.24, 2.45) is 0 Å².